The van der Waals surface area contributed by atoms with Crippen LogP contribution in [0.2, 0.25) is 10.0 Å². The Morgan fingerprint density at radius 3 is 1.72 bits per heavy atom. The van der Waals surface area contributed by atoms with Gasteiger partial charge in [-0.3, -0.25) is 10.1 Å². The lowest BCUT2D eigenvalue weighted by Gasteiger charge is -2.19. The lowest BCUT2D eigenvalue weighted by Crippen LogP contribution is -2.22. The molecule has 0 saturated carbocycles. The van der Waals surface area contributed by atoms with Crippen molar-refractivity contribution in [2.45, 2.75) is 5.92 Å². The summed E-state index contributed by atoms with van der Waals surface area (Å²) in [4.78, 5) is 37.5. The predicted molar refractivity (Wildman–Crippen MR) is 132 cm³/mol. The van der Waals surface area contributed by atoms with Crippen molar-refractivity contribution in [2.24, 2.45) is 0 Å². The molecule has 2 heterocycles. The van der Waals surface area contributed by atoms with Crippen molar-refractivity contribution in [1.29, 1.82) is 0 Å². The second-order valence-corrected chi connectivity index (χ2v) is 8.71. The average Bonchev–Trinajstić information content (AvgIpc) is 2.84. The first-order valence-corrected chi connectivity index (χ1v) is 11.1. The summed E-state index contributed by atoms with van der Waals surface area (Å²) in [6.07, 6.45) is 0. The molecule has 0 atom stereocenters. The SMILES string of the molecule is O=c1oc2ccc(Cl)cc2c(O)c1C(c1ccccc1[N+](=O)[O-])c1c(O)c2cc(Cl)ccc2oc1=O. The third-order valence-corrected chi connectivity index (χ3v) is 6.24. The van der Waals surface area contributed by atoms with Crippen LogP contribution in [0, 0.1) is 10.1 Å². The zero-order chi connectivity index (χ0) is 25.7. The van der Waals surface area contributed by atoms with E-state index in [4.69, 9.17) is 32.0 Å². The van der Waals surface area contributed by atoms with Crippen LogP contribution >= 0.6 is 23.2 Å². The van der Waals surface area contributed by atoms with Gasteiger partial charge in [0.05, 0.1) is 32.7 Å². The van der Waals surface area contributed by atoms with Gasteiger partial charge in [-0.2, -0.15) is 0 Å². The number of nitro benzene ring substituents is 1. The number of rotatable bonds is 4. The van der Waals surface area contributed by atoms with Crippen LogP contribution < -0.4 is 11.3 Å². The van der Waals surface area contributed by atoms with E-state index in [-0.39, 0.29) is 37.5 Å². The van der Waals surface area contributed by atoms with Gasteiger partial charge in [-0.05, 0) is 36.4 Å². The van der Waals surface area contributed by atoms with E-state index in [9.17, 15) is 29.9 Å². The molecule has 0 amide bonds. The highest BCUT2D eigenvalue weighted by Crippen LogP contribution is 2.44. The smallest absolute Gasteiger partial charge is 0.344 e. The predicted octanol–water partition coefficient (Wildman–Crippen LogP) is 5.71. The lowest BCUT2D eigenvalue weighted by atomic mass is 9.84. The highest BCUT2D eigenvalue weighted by atomic mass is 35.5. The molecule has 9 nitrogen and oxygen atoms in total. The van der Waals surface area contributed by atoms with E-state index in [0.29, 0.717) is 0 Å². The summed E-state index contributed by atoms with van der Waals surface area (Å²) in [6, 6.07) is 13.6. The molecule has 0 aliphatic rings. The van der Waals surface area contributed by atoms with Crippen LogP contribution in [0.5, 0.6) is 11.5 Å². The average molecular weight is 526 g/mol. The molecule has 0 bridgehead atoms. The summed E-state index contributed by atoms with van der Waals surface area (Å²) in [5.41, 5.74) is -3.88. The van der Waals surface area contributed by atoms with Gasteiger partial charge in [0.1, 0.15) is 22.7 Å². The van der Waals surface area contributed by atoms with E-state index in [2.05, 4.69) is 0 Å². The van der Waals surface area contributed by atoms with Gasteiger partial charge in [0.25, 0.3) is 5.69 Å². The van der Waals surface area contributed by atoms with Crippen molar-refractivity contribution in [1.82, 2.24) is 0 Å². The van der Waals surface area contributed by atoms with Gasteiger partial charge >= 0.3 is 11.3 Å². The van der Waals surface area contributed by atoms with Crippen molar-refractivity contribution in [3.8, 4) is 11.5 Å². The number of para-hydroxylation sites is 1. The second kappa shape index (κ2) is 8.71. The maximum absolute atomic E-state index is 13.2. The first-order valence-electron chi connectivity index (χ1n) is 10.3. The monoisotopic (exact) mass is 525 g/mol. The van der Waals surface area contributed by atoms with Crippen molar-refractivity contribution >= 4 is 50.8 Å². The molecule has 0 unspecified atom stereocenters. The largest absolute Gasteiger partial charge is 0.507 e. The summed E-state index contributed by atoms with van der Waals surface area (Å²) in [7, 11) is 0. The molecule has 2 aromatic heterocycles. The zero-order valence-corrected chi connectivity index (χ0v) is 19.4. The van der Waals surface area contributed by atoms with Crippen LogP contribution in [-0.4, -0.2) is 15.1 Å². The van der Waals surface area contributed by atoms with Gasteiger partial charge < -0.3 is 19.0 Å². The van der Waals surface area contributed by atoms with E-state index in [0.717, 1.165) is 6.07 Å². The normalized spacial score (nSPS) is 11.4. The highest BCUT2D eigenvalue weighted by molar-refractivity contribution is 6.31. The molecule has 0 radical (unpaired) electrons. The maximum Gasteiger partial charge on any atom is 0.344 e. The fourth-order valence-corrected chi connectivity index (χ4v) is 4.55. The van der Waals surface area contributed by atoms with Crippen LogP contribution in [0.15, 0.2) is 79.1 Å². The van der Waals surface area contributed by atoms with Crippen LogP contribution in [0.25, 0.3) is 21.9 Å². The van der Waals surface area contributed by atoms with Gasteiger partial charge in [-0.1, -0.05) is 41.4 Å². The number of hydrogen-bond donors (Lipinski definition) is 2. The van der Waals surface area contributed by atoms with E-state index in [1.807, 2.05) is 0 Å². The first kappa shape index (κ1) is 23.4. The number of benzene rings is 3. The van der Waals surface area contributed by atoms with Gasteiger partial charge in [0.15, 0.2) is 0 Å². The molecule has 2 N–H and O–H groups in total. The molecule has 180 valence electrons. The Kier molecular flexibility index (Phi) is 5.66. The Labute approximate surface area is 210 Å². The third kappa shape index (κ3) is 3.74. The zero-order valence-electron chi connectivity index (χ0n) is 17.9. The molecule has 36 heavy (non-hydrogen) atoms. The van der Waals surface area contributed by atoms with Crippen LogP contribution in [0.1, 0.15) is 22.6 Å². The van der Waals surface area contributed by atoms with Gasteiger partial charge in [0.2, 0.25) is 0 Å². The molecular weight excluding hydrogens is 513 g/mol. The van der Waals surface area contributed by atoms with E-state index >= 15 is 0 Å². The van der Waals surface area contributed by atoms with Crippen LogP contribution in [0.3, 0.4) is 0 Å². The summed E-state index contributed by atoms with van der Waals surface area (Å²) in [5, 5.41) is 34.7. The second-order valence-electron chi connectivity index (χ2n) is 7.83. The Balaban J connectivity index is 1.96. The van der Waals surface area contributed by atoms with Crippen molar-refractivity contribution in [3.05, 3.63) is 118 Å². The highest BCUT2D eigenvalue weighted by Gasteiger charge is 2.36. The number of nitrogens with zero attached hydrogens (tertiary/aromatic N) is 1. The van der Waals surface area contributed by atoms with Gasteiger partial charge in [-0.25, -0.2) is 9.59 Å². The molecule has 0 aliphatic heterocycles. The fourth-order valence-electron chi connectivity index (χ4n) is 4.21. The standard InChI is InChI=1S/C25H13Cl2NO8/c26-11-5-7-17-14(9-11)22(29)20(24(31)35-17)19(13-3-1-2-4-16(13)28(33)34)21-23(30)15-10-12(27)6-8-18(15)36-25(21)32/h1-10,19,29-30H. The number of aromatic hydroxyl groups is 2. The topological polar surface area (TPSA) is 144 Å². The number of fused-ring (bicyclic) bond motifs is 2. The fraction of sp³-hybridized carbons (Fsp3) is 0.0400. The van der Waals surface area contributed by atoms with E-state index in [1.165, 1.54) is 54.6 Å². The third-order valence-electron chi connectivity index (χ3n) is 5.77. The van der Waals surface area contributed by atoms with Gasteiger partial charge in [-0.15, -0.1) is 0 Å². The minimum Gasteiger partial charge on any atom is -0.507 e. The Bertz CT molecular complexity index is 1720. The van der Waals surface area contributed by atoms with E-state index < -0.39 is 50.4 Å². The molecule has 0 spiro atoms. The lowest BCUT2D eigenvalue weighted by molar-refractivity contribution is -0.385. The molecule has 3 aromatic carbocycles. The van der Waals surface area contributed by atoms with Gasteiger partial charge in [0, 0.05) is 21.7 Å². The summed E-state index contributed by atoms with van der Waals surface area (Å²) in [6.45, 7) is 0. The Morgan fingerprint density at radius 2 is 1.25 bits per heavy atom. The number of hydrogen-bond acceptors (Lipinski definition) is 8. The number of halogens is 2. The maximum atomic E-state index is 13.2. The molecule has 5 aromatic rings. The molecule has 0 fully saturated rings. The molecule has 0 aliphatic carbocycles. The number of nitro groups is 1. The Hall–Kier alpha value is -4.34. The molecule has 5 rings (SSSR count). The minimum atomic E-state index is -1.66. The van der Waals surface area contributed by atoms with Crippen LogP contribution in [0.4, 0.5) is 5.69 Å². The van der Waals surface area contributed by atoms with Crippen molar-refractivity contribution in [2.75, 3.05) is 0 Å². The van der Waals surface area contributed by atoms with E-state index in [1.54, 1.807) is 0 Å². The molecule has 0 saturated heterocycles. The summed E-state index contributed by atoms with van der Waals surface area (Å²) in [5.74, 6) is -2.92. The first-order chi connectivity index (χ1) is 17.2. The summed E-state index contributed by atoms with van der Waals surface area (Å²) >= 11 is 12.1. The minimum absolute atomic E-state index is 0.00601. The Morgan fingerprint density at radius 1 is 0.778 bits per heavy atom. The molecular formula is C25H13Cl2NO8. The quantitative estimate of drug-likeness (QED) is 0.172. The molecule has 11 heteroatoms. The van der Waals surface area contributed by atoms with Crippen molar-refractivity contribution in [3.63, 3.8) is 0 Å². The summed E-state index contributed by atoms with van der Waals surface area (Å²) < 4.78 is 10.7. The van der Waals surface area contributed by atoms with Crippen LogP contribution in [-0.2, 0) is 0 Å². The van der Waals surface area contributed by atoms with Crippen molar-refractivity contribution < 1.29 is 24.0 Å².